The van der Waals surface area contributed by atoms with Crippen LogP contribution in [0.5, 0.6) is 0 Å². The van der Waals surface area contributed by atoms with E-state index in [9.17, 15) is 14.4 Å². The van der Waals surface area contributed by atoms with Gasteiger partial charge in [-0.2, -0.15) is 0 Å². The summed E-state index contributed by atoms with van der Waals surface area (Å²) >= 11 is 0. The molecule has 10 heteroatoms. The highest BCUT2D eigenvalue weighted by molar-refractivity contribution is 5.92. The van der Waals surface area contributed by atoms with E-state index in [1.54, 1.807) is 6.92 Å². The number of fused-ring (bicyclic) bond motifs is 3. The molecule has 182 valence electrons. The third-order valence-electron chi connectivity index (χ3n) is 5.98. The fourth-order valence-electron chi connectivity index (χ4n) is 4.22. The number of carboxylic acid groups (broad SMARTS) is 1. The van der Waals surface area contributed by atoms with Crippen LogP contribution >= 0.6 is 0 Å². The van der Waals surface area contributed by atoms with E-state index in [1.165, 1.54) is 26.9 Å². The van der Waals surface area contributed by atoms with Gasteiger partial charge in [-0.1, -0.05) is 53.7 Å². The van der Waals surface area contributed by atoms with Crippen LogP contribution in [0.4, 0.5) is 4.79 Å². The van der Waals surface area contributed by atoms with Crippen molar-refractivity contribution in [1.82, 2.24) is 25.2 Å². The lowest BCUT2D eigenvalue weighted by Crippen LogP contribution is -2.33. The molecule has 0 radical (unpaired) electrons. The van der Waals surface area contributed by atoms with Gasteiger partial charge in [-0.05, 0) is 29.2 Å². The Hall–Kier alpha value is -4.21. The number of aromatic nitrogens is 3. The molecule has 0 fully saturated rings. The van der Waals surface area contributed by atoms with Crippen LogP contribution in [0.2, 0.25) is 0 Å². The number of aliphatic carboxylic acids is 1. The van der Waals surface area contributed by atoms with E-state index in [4.69, 9.17) is 9.84 Å². The van der Waals surface area contributed by atoms with Crippen molar-refractivity contribution in [2.45, 2.75) is 25.8 Å². The van der Waals surface area contributed by atoms with E-state index in [-0.39, 0.29) is 43.6 Å². The summed E-state index contributed by atoms with van der Waals surface area (Å²) in [4.78, 5) is 37.0. The Morgan fingerprint density at radius 1 is 1.09 bits per heavy atom. The summed E-state index contributed by atoms with van der Waals surface area (Å²) in [5, 5.41) is 19.3. The van der Waals surface area contributed by atoms with E-state index >= 15 is 0 Å². The molecule has 0 aliphatic heterocycles. The van der Waals surface area contributed by atoms with Gasteiger partial charge in [-0.15, -0.1) is 5.10 Å². The molecule has 4 rings (SSSR count). The van der Waals surface area contributed by atoms with Crippen molar-refractivity contribution in [2.24, 2.45) is 0 Å². The summed E-state index contributed by atoms with van der Waals surface area (Å²) in [6, 6.07) is 16.3. The zero-order valence-electron chi connectivity index (χ0n) is 19.4. The first-order valence-electron chi connectivity index (χ1n) is 11.5. The van der Waals surface area contributed by atoms with E-state index in [1.807, 2.05) is 24.3 Å². The van der Waals surface area contributed by atoms with Gasteiger partial charge >= 0.3 is 12.1 Å². The van der Waals surface area contributed by atoms with Gasteiger partial charge in [-0.25, -0.2) is 9.48 Å². The standard InChI is InChI=1S/C25H27N5O5/c1-2-29(13-11-23(31)32)24(33)22-15-30(28-27-22)14-12-26-25(34)35-16-21-19-9-5-3-7-17(19)18-8-4-6-10-20(18)21/h3-10,15,21H,2,11-14,16H2,1H3,(H,26,34)(H,31,32). The van der Waals surface area contributed by atoms with Crippen LogP contribution in [0.1, 0.15) is 40.9 Å². The highest BCUT2D eigenvalue weighted by Gasteiger charge is 2.29. The van der Waals surface area contributed by atoms with Crippen LogP contribution in [0.25, 0.3) is 11.1 Å². The molecule has 1 aliphatic carbocycles. The van der Waals surface area contributed by atoms with Gasteiger partial charge in [0, 0.05) is 25.6 Å². The fraction of sp³-hybridized carbons (Fsp3) is 0.320. The SMILES string of the molecule is CCN(CCC(=O)O)C(=O)c1cn(CCNC(=O)OCC2c3ccccc3-c3ccccc32)nn1. The summed E-state index contributed by atoms with van der Waals surface area (Å²) in [6.07, 6.45) is 0.803. The second-order valence-corrected chi connectivity index (χ2v) is 8.15. The molecule has 10 nitrogen and oxygen atoms in total. The number of hydrogen-bond donors (Lipinski definition) is 2. The minimum atomic E-state index is -0.973. The van der Waals surface area contributed by atoms with Gasteiger partial charge in [0.05, 0.1) is 19.2 Å². The molecule has 2 amide bonds. The van der Waals surface area contributed by atoms with Gasteiger partial charge in [0.25, 0.3) is 5.91 Å². The first-order chi connectivity index (χ1) is 17.0. The number of amides is 2. The van der Waals surface area contributed by atoms with Crippen LogP contribution in [-0.2, 0) is 16.1 Å². The second-order valence-electron chi connectivity index (χ2n) is 8.15. The van der Waals surface area contributed by atoms with E-state index < -0.39 is 12.1 Å². The molecule has 0 spiro atoms. The molecule has 0 saturated heterocycles. The lowest BCUT2D eigenvalue weighted by Gasteiger charge is -2.18. The van der Waals surface area contributed by atoms with Crippen LogP contribution in [0.3, 0.4) is 0 Å². The number of nitrogens with zero attached hydrogens (tertiary/aromatic N) is 4. The monoisotopic (exact) mass is 477 g/mol. The number of ether oxygens (including phenoxy) is 1. The highest BCUT2D eigenvalue weighted by Crippen LogP contribution is 2.44. The minimum Gasteiger partial charge on any atom is -0.481 e. The summed E-state index contributed by atoms with van der Waals surface area (Å²) in [6.45, 7) is 2.99. The molecular weight excluding hydrogens is 450 g/mol. The number of hydrogen-bond acceptors (Lipinski definition) is 6. The topological polar surface area (TPSA) is 127 Å². The van der Waals surface area contributed by atoms with Gasteiger partial charge in [-0.3, -0.25) is 9.59 Å². The number of carbonyl (C=O) groups excluding carboxylic acids is 2. The fourth-order valence-corrected chi connectivity index (χ4v) is 4.22. The number of alkyl carbamates (subject to hydrolysis) is 1. The molecule has 0 bridgehead atoms. The van der Waals surface area contributed by atoms with Gasteiger partial charge in [0.1, 0.15) is 6.61 Å². The molecule has 2 aromatic carbocycles. The maximum atomic E-state index is 12.5. The second kappa shape index (κ2) is 10.8. The largest absolute Gasteiger partial charge is 0.481 e. The number of benzene rings is 2. The Morgan fingerprint density at radius 2 is 1.74 bits per heavy atom. The Bertz CT molecular complexity index is 1180. The molecule has 0 atom stereocenters. The molecule has 0 unspecified atom stereocenters. The first kappa shape index (κ1) is 23.9. The summed E-state index contributed by atoms with van der Waals surface area (Å²) in [5.41, 5.74) is 4.74. The van der Waals surface area contributed by atoms with Crippen LogP contribution in [0.15, 0.2) is 54.7 Å². The van der Waals surface area contributed by atoms with Gasteiger partial charge < -0.3 is 20.1 Å². The minimum absolute atomic E-state index is 0.0142. The smallest absolute Gasteiger partial charge is 0.407 e. The van der Waals surface area contributed by atoms with E-state index in [0.717, 1.165) is 11.1 Å². The zero-order valence-corrected chi connectivity index (χ0v) is 19.4. The van der Waals surface area contributed by atoms with Crippen LogP contribution in [0, 0.1) is 0 Å². The molecule has 1 aliphatic rings. The van der Waals surface area contributed by atoms with Crippen molar-refractivity contribution in [3.05, 3.63) is 71.5 Å². The Balaban J connectivity index is 1.26. The number of rotatable bonds is 10. The lowest BCUT2D eigenvalue weighted by molar-refractivity contribution is -0.137. The van der Waals surface area contributed by atoms with Crippen molar-refractivity contribution in [2.75, 3.05) is 26.2 Å². The summed E-state index contributed by atoms with van der Waals surface area (Å²) in [7, 11) is 0. The normalized spacial score (nSPS) is 12.0. The summed E-state index contributed by atoms with van der Waals surface area (Å²) in [5.74, 6) is -1.37. The summed E-state index contributed by atoms with van der Waals surface area (Å²) < 4.78 is 6.96. The quantitative estimate of drug-likeness (QED) is 0.460. The number of nitrogens with one attached hydrogen (secondary N) is 1. The zero-order chi connectivity index (χ0) is 24.8. The van der Waals surface area contributed by atoms with Crippen LogP contribution < -0.4 is 5.32 Å². The molecule has 0 saturated carbocycles. The van der Waals surface area contributed by atoms with Crippen molar-refractivity contribution in [1.29, 1.82) is 0 Å². The molecule has 1 aromatic heterocycles. The Kier molecular flexibility index (Phi) is 7.39. The third kappa shape index (κ3) is 5.48. The highest BCUT2D eigenvalue weighted by atomic mass is 16.5. The first-order valence-corrected chi connectivity index (χ1v) is 11.5. The molecule has 3 aromatic rings. The average molecular weight is 478 g/mol. The Labute approximate surface area is 202 Å². The molecular formula is C25H27N5O5. The van der Waals surface area contributed by atoms with Gasteiger partial charge in [0.2, 0.25) is 0 Å². The van der Waals surface area contributed by atoms with Crippen molar-refractivity contribution in [3.8, 4) is 11.1 Å². The molecule has 1 heterocycles. The predicted octanol–water partition coefficient (Wildman–Crippen LogP) is 2.75. The number of carbonyl (C=O) groups is 3. The van der Waals surface area contributed by atoms with Crippen molar-refractivity contribution in [3.63, 3.8) is 0 Å². The van der Waals surface area contributed by atoms with E-state index in [0.29, 0.717) is 13.1 Å². The number of carboxylic acids is 1. The van der Waals surface area contributed by atoms with Crippen LogP contribution in [-0.4, -0.2) is 69.2 Å². The van der Waals surface area contributed by atoms with Crippen molar-refractivity contribution >= 4 is 18.0 Å². The maximum Gasteiger partial charge on any atom is 0.407 e. The third-order valence-corrected chi connectivity index (χ3v) is 5.98. The average Bonchev–Trinajstić information content (AvgIpc) is 3.46. The predicted molar refractivity (Wildman–Crippen MR) is 127 cm³/mol. The van der Waals surface area contributed by atoms with Crippen molar-refractivity contribution < 1.29 is 24.2 Å². The lowest BCUT2D eigenvalue weighted by atomic mass is 9.98. The van der Waals surface area contributed by atoms with E-state index in [2.05, 4.69) is 39.9 Å². The maximum absolute atomic E-state index is 12.5. The van der Waals surface area contributed by atoms with Gasteiger partial charge in [0.15, 0.2) is 5.69 Å². The molecule has 35 heavy (non-hydrogen) atoms. The molecule has 2 N–H and O–H groups in total. The Morgan fingerprint density at radius 3 is 2.37 bits per heavy atom.